The molecule has 0 bridgehead atoms. The number of halogens is 5. The summed E-state index contributed by atoms with van der Waals surface area (Å²) in [7, 11) is 0. The number of rotatable bonds is 3. The smallest absolute Gasteiger partial charge is 0.326 e. The molecule has 0 aliphatic heterocycles. The summed E-state index contributed by atoms with van der Waals surface area (Å²) in [5.41, 5.74) is 0.440. The van der Waals surface area contributed by atoms with Gasteiger partial charge in [-0.15, -0.1) is 0 Å². The first kappa shape index (κ1) is 17.6. The number of nitrogens with one attached hydrogen (secondary N) is 1. The summed E-state index contributed by atoms with van der Waals surface area (Å²) in [5, 5.41) is 2.92. The third-order valence-electron chi connectivity index (χ3n) is 2.98. The van der Waals surface area contributed by atoms with Crippen molar-refractivity contribution in [1.29, 1.82) is 0 Å². The minimum Gasteiger partial charge on any atom is -0.326 e. The zero-order valence-electron chi connectivity index (χ0n) is 11.8. The zero-order valence-corrected chi connectivity index (χ0v) is 13.4. The van der Waals surface area contributed by atoms with Crippen LogP contribution >= 0.6 is 23.2 Å². The summed E-state index contributed by atoms with van der Waals surface area (Å²) in [6, 6.07) is 5.72. The van der Waals surface area contributed by atoms with Gasteiger partial charge in [0.05, 0.1) is 12.0 Å². The van der Waals surface area contributed by atoms with E-state index in [0.717, 1.165) is 12.1 Å². The van der Waals surface area contributed by atoms with Crippen molar-refractivity contribution in [2.45, 2.75) is 19.5 Å². The van der Waals surface area contributed by atoms with Crippen molar-refractivity contribution >= 4 is 34.8 Å². The number of aryl methyl sites for hydroxylation is 1. The van der Waals surface area contributed by atoms with E-state index in [4.69, 9.17) is 23.2 Å². The van der Waals surface area contributed by atoms with Crippen LogP contribution in [0, 0.1) is 6.92 Å². The highest BCUT2D eigenvalue weighted by Gasteiger charge is 2.30. The molecule has 0 unspecified atom stereocenters. The van der Waals surface area contributed by atoms with Crippen LogP contribution in [-0.2, 0) is 17.4 Å². The lowest BCUT2D eigenvalue weighted by atomic mass is 10.1. The predicted octanol–water partition coefficient (Wildman–Crippen LogP) is 4.90. The van der Waals surface area contributed by atoms with E-state index in [-0.39, 0.29) is 17.3 Å². The molecule has 0 aliphatic rings. The van der Waals surface area contributed by atoms with Gasteiger partial charge >= 0.3 is 6.18 Å². The van der Waals surface area contributed by atoms with Crippen LogP contribution in [0.25, 0.3) is 0 Å². The van der Waals surface area contributed by atoms with Crippen LogP contribution in [0.1, 0.15) is 16.8 Å². The maximum absolute atomic E-state index is 12.5. The zero-order chi connectivity index (χ0) is 17.2. The number of carbonyl (C=O) groups excluding carboxylic acids is 1. The van der Waals surface area contributed by atoms with E-state index < -0.39 is 17.6 Å². The fraction of sp³-hybridized carbons (Fsp3) is 0.200. The van der Waals surface area contributed by atoms with Gasteiger partial charge in [-0.1, -0.05) is 23.2 Å². The van der Waals surface area contributed by atoms with Crippen LogP contribution in [0.5, 0.6) is 0 Å². The summed E-state index contributed by atoms with van der Waals surface area (Å²) < 4.78 is 37.4. The Bertz CT molecular complexity index is 707. The van der Waals surface area contributed by atoms with Crippen molar-refractivity contribution in [3.8, 4) is 0 Å². The van der Waals surface area contributed by atoms with Crippen molar-refractivity contribution in [1.82, 2.24) is 4.98 Å². The van der Waals surface area contributed by atoms with Gasteiger partial charge < -0.3 is 5.32 Å². The van der Waals surface area contributed by atoms with Gasteiger partial charge in [0.2, 0.25) is 5.91 Å². The highest BCUT2D eigenvalue weighted by molar-refractivity contribution is 6.35. The molecule has 8 heteroatoms. The molecule has 3 nitrogen and oxygen atoms in total. The molecule has 1 N–H and O–H groups in total. The van der Waals surface area contributed by atoms with Gasteiger partial charge in [-0.2, -0.15) is 13.2 Å². The average Bonchev–Trinajstić information content (AvgIpc) is 2.42. The fourth-order valence-electron chi connectivity index (χ4n) is 1.89. The maximum Gasteiger partial charge on any atom is 0.416 e. The molecule has 0 fully saturated rings. The van der Waals surface area contributed by atoms with E-state index in [2.05, 4.69) is 10.3 Å². The predicted molar refractivity (Wildman–Crippen MR) is 82.8 cm³/mol. The van der Waals surface area contributed by atoms with Crippen molar-refractivity contribution in [3.05, 3.63) is 57.3 Å². The molecule has 2 aromatic rings. The Morgan fingerprint density at radius 1 is 1.22 bits per heavy atom. The minimum absolute atomic E-state index is 0.123. The fourth-order valence-corrected chi connectivity index (χ4v) is 2.55. The highest BCUT2D eigenvalue weighted by Crippen LogP contribution is 2.30. The van der Waals surface area contributed by atoms with Crippen LogP contribution < -0.4 is 5.32 Å². The third-order valence-corrected chi connectivity index (χ3v) is 3.63. The van der Waals surface area contributed by atoms with Crippen molar-refractivity contribution in [2.24, 2.45) is 0 Å². The molecule has 0 aliphatic carbocycles. The lowest BCUT2D eigenvalue weighted by Gasteiger charge is -2.10. The molecule has 1 aromatic carbocycles. The van der Waals surface area contributed by atoms with Crippen LogP contribution in [0.4, 0.5) is 18.9 Å². The average molecular weight is 363 g/mol. The number of amides is 1. The first-order chi connectivity index (χ1) is 10.7. The minimum atomic E-state index is -4.42. The van der Waals surface area contributed by atoms with E-state index >= 15 is 0 Å². The van der Waals surface area contributed by atoms with Gasteiger partial charge in [0, 0.05) is 22.0 Å². The Kier molecular flexibility index (Phi) is 5.16. The molecule has 1 aromatic heterocycles. The Labute approximate surface area is 140 Å². The number of anilines is 1. The first-order valence-corrected chi connectivity index (χ1v) is 7.21. The lowest BCUT2D eigenvalue weighted by Crippen LogP contribution is -2.15. The Hall–Kier alpha value is -1.79. The molecule has 1 amide bonds. The highest BCUT2D eigenvalue weighted by atomic mass is 35.5. The molecule has 23 heavy (non-hydrogen) atoms. The monoisotopic (exact) mass is 362 g/mol. The molecule has 0 saturated carbocycles. The second-order valence-electron chi connectivity index (χ2n) is 4.81. The number of hydrogen-bond donors (Lipinski definition) is 1. The topological polar surface area (TPSA) is 42.0 Å². The summed E-state index contributed by atoms with van der Waals surface area (Å²) in [6.07, 6.45) is -4.55. The normalized spacial score (nSPS) is 11.4. The van der Waals surface area contributed by atoms with Crippen LogP contribution in [0.3, 0.4) is 0 Å². The number of alkyl halides is 3. The Morgan fingerprint density at radius 3 is 2.35 bits per heavy atom. The Balaban J connectivity index is 2.08. The molecule has 0 atom stereocenters. The number of aromatic nitrogens is 1. The maximum atomic E-state index is 12.5. The Morgan fingerprint density at radius 2 is 1.83 bits per heavy atom. The van der Waals surface area contributed by atoms with Gasteiger partial charge in [-0.25, -0.2) is 4.98 Å². The quantitative estimate of drug-likeness (QED) is 0.789. The van der Waals surface area contributed by atoms with Crippen LogP contribution in [-0.4, -0.2) is 10.9 Å². The van der Waals surface area contributed by atoms with Gasteiger partial charge in [-0.3, -0.25) is 4.79 Å². The van der Waals surface area contributed by atoms with Gasteiger partial charge in [0.1, 0.15) is 5.15 Å². The summed E-state index contributed by atoms with van der Waals surface area (Å²) >= 11 is 12.0. The van der Waals surface area contributed by atoms with E-state index in [1.807, 2.05) is 0 Å². The summed E-state index contributed by atoms with van der Waals surface area (Å²) in [4.78, 5) is 16.0. The van der Waals surface area contributed by atoms with Crippen molar-refractivity contribution < 1.29 is 18.0 Å². The van der Waals surface area contributed by atoms with Crippen molar-refractivity contribution in [3.63, 3.8) is 0 Å². The van der Waals surface area contributed by atoms with E-state index in [0.29, 0.717) is 16.3 Å². The summed E-state index contributed by atoms with van der Waals surface area (Å²) in [6.45, 7) is 1.71. The lowest BCUT2D eigenvalue weighted by molar-refractivity contribution is -0.137. The molecule has 2 rings (SSSR count). The molecule has 0 saturated heterocycles. The molecular formula is C15H11Cl2F3N2O. The van der Waals surface area contributed by atoms with Gasteiger partial charge in [-0.05, 0) is 37.3 Å². The SMILES string of the molecule is Cc1cc(Cl)c(CC(=O)Nc2ccc(C(F)(F)F)cc2)c(Cl)n1. The molecule has 1 heterocycles. The second-order valence-corrected chi connectivity index (χ2v) is 5.58. The number of carbonyl (C=O) groups is 1. The van der Waals surface area contributed by atoms with E-state index in [1.54, 1.807) is 13.0 Å². The van der Waals surface area contributed by atoms with E-state index in [1.165, 1.54) is 12.1 Å². The molecule has 0 spiro atoms. The first-order valence-electron chi connectivity index (χ1n) is 6.45. The summed E-state index contributed by atoms with van der Waals surface area (Å²) in [5.74, 6) is -0.459. The molecular weight excluding hydrogens is 352 g/mol. The van der Waals surface area contributed by atoms with Gasteiger partial charge in [0.15, 0.2) is 0 Å². The largest absolute Gasteiger partial charge is 0.416 e. The third kappa shape index (κ3) is 4.59. The number of hydrogen-bond acceptors (Lipinski definition) is 2. The standard InChI is InChI=1S/C15H11Cl2F3N2O/c1-8-6-12(16)11(14(17)21-8)7-13(23)22-10-4-2-9(3-5-10)15(18,19)20/h2-6H,7H2,1H3,(H,22,23). The van der Waals surface area contributed by atoms with E-state index in [9.17, 15) is 18.0 Å². The molecule has 122 valence electrons. The van der Waals surface area contributed by atoms with Crippen LogP contribution in [0.15, 0.2) is 30.3 Å². The van der Waals surface area contributed by atoms with Crippen molar-refractivity contribution in [2.75, 3.05) is 5.32 Å². The van der Waals surface area contributed by atoms with Crippen LogP contribution in [0.2, 0.25) is 10.2 Å². The number of pyridine rings is 1. The van der Waals surface area contributed by atoms with Gasteiger partial charge in [0.25, 0.3) is 0 Å². The number of benzene rings is 1. The molecule has 0 radical (unpaired) electrons. The number of nitrogens with zero attached hydrogens (tertiary/aromatic N) is 1. The second kappa shape index (κ2) is 6.76.